The number of hydrogen-bond acceptors (Lipinski definition) is 5. The lowest BCUT2D eigenvalue weighted by molar-refractivity contribution is -0.121. The van der Waals surface area contributed by atoms with Crippen LogP contribution in [-0.4, -0.2) is 44.3 Å². The lowest BCUT2D eigenvalue weighted by Gasteiger charge is -2.32. The van der Waals surface area contributed by atoms with Crippen molar-refractivity contribution in [1.29, 1.82) is 0 Å². The lowest BCUT2D eigenvalue weighted by Crippen LogP contribution is -2.43. The molecule has 32 heavy (non-hydrogen) atoms. The number of fused-ring (bicyclic) bond motifs is 1. The van der Waals surface area contributed by atoms with Gasteiger partial charge in [0.05, 0.1) is 17.0 Å². The van der Waals surface area contributed by atoms with Gasteiger partial charge in [-0.1, -0.05) is 18.2 Å². The number of para-hydroxylation sites is 1. The number of carbonyl (C=O) groups excluding carboxylic acids is 2. The minimum atomic E-state index is -0.236. The van der Waals surface area contributed by atoms with Crippen molar-refractivity contribution in [3.8, 4) is 5.69 Å². The Labute approximate surface area is 189 Å². The van der Waals surface area contributed by atoms with Gasteiger partial charge in [0, 0.05) is 35.9 Å². The van der Waals surface area contributed by atoms with Crippen LogP contribution >= 0.6 is 11.3 Å². The van der Waals surface area contributed by atoms with Gasteiger partial charge in [-0.3, -0.25) is 14.2 Å². The third-order valence-corrected chi connectivity index (χ3v) is 6.51. The second-order valence-electron chi connectivity index (χ2n) is 7.95. The van der Waals surface area contributed by atoms with Gasteiger partial charge in [0.15, 0.2) is 5.13 Å². The molecule has 7 nitrogen and oxygen atoms in total. The van der Waals surface area contributed by atoms with Crippen LogP contribution in [0.5, 0.6) is 0 Å². The molecule has 4 aromatic rings. The van der Waals surface area contributed by atoms with Gasteiger partial charge in [-0.05, 0) is 50.1 Å². The number of aryl methyl sites for hydroxylation is 1. The van der Waals surface area contributed by atoms with E-state index in [1.807, 2.05) is 60.8 Å². The predicted molar refractivity (Wildman–Crippen MR) is 125 cm³/mol. The van der Waals surface area contributed by atoms with Crippen molar-refractivity contribution < 1.29 is 9.59 Å². The number of anilines is 1. The largest absolute Gasteiger partial charge is 0.338 e. The van der Waals surface area contributed by atoms with Crippen LogP contribution in [0.25, 0.3) is 16.7 Å². The van der Waals surface area contributed by atoms with Crippen LogP contribution < -0.4 is 5.32 Å². The van der Waals surface area contributed by atoms with Crippen molar-refractivity contribution >= 4 is 39.3 Å². The van der Waals surface area contributed by atoms with Gasteiger partial charge in [0.2, 0.25) is 5.91 Å². The van der Waals surface area contributed by atoms with Gasteiger partial charge in [-0.2, -0.15) is 0 Å². The molecule has 2 amide bonds. The van der Waals surface area contributed by atoms with Gasteiger partial charge in [-0.25, -0.2) is 9.97 Å². The average Bonchev–Trinajstić information content (AvgIpc) is 3.45. The highest BCUT2D eigenvalue weighted by Crippen LogP contribution is 2.25. The van der Waals surface area contributed by atoms with Crippen molar-refractivity contribution in [3.63, 3.8) is 0 Å². The van der Waals surface area contributed by atoms with Crippen LogP contribution in [0.4, 0.5) is 5.13 Å². The SMILES string of the molecule is Cc1nc2cc(C(=O)N3CCCC(C(=O)Nc4nccs4)C3)ccc2n1-c1ccccc1. The highest BCUT2D eigenvalue weighted by molar-refractivity contribution is 7.13. The van der Waals surface area contributed by atoms with E-state index < -0.39 is 0 Å². The summed E-state index contributed by atoms with van der Waals surface area (Å²) in [5.41, 5.74) is 3.38. The zero-order valence-electron chi connectivity index (χ0n) is 17.7. The van der Waals surface area contributed by atoms with Crippen LogP contribution in [0.3, 0.4) is 0 Å². The van der Waals surface area contributed by atoms with Crippen LogP contribution in [0.2, 0.25) is 0 Å². The number of benzene rings is 2. The molecule has 0 aliphatic carbocycles. The summed E-state index contributed by atoms with van der Waals surface area (Å²) in [5, 5.41) is 5.27. The first-order valence-electron chi connectivity index (χ1n) is 10.6. The number of nitrogens with zero attached hydrogens (tertiary/aromatic N) is 4. The molecule has 8 heteroatoms. The van der Waals surface area contributed by atoms with E-state index >= 15 is 0 Å². The average molecular weight is 446 g/mol. The van der Waals surface area contributed by atoms with Gasteiger partial charge in [-0.15, -0.1) is 11.3 Å². The Kier molecular flexibility index (Phi) is 5.45. The van der Waals surface area contributed by atoms with E-state index in [4.69, 9.17) is 0 Å². The fraction of sp³-hybridized carbons (Fsp3) is 0.250. The Hall–Kier alpha value is -3.52. The first-order valence-corrected chi connectivity index (χ1v) is 11.5. The summed E-state index contributed by atoms with van der Waals surface area (Å²) in [6.07, 6.45) is 3.22. The van der Waals surface area contributed by atoms with Crippen LogP contribution in [0.15, 0.2) is 60.1 Å². The van der Waals surface area contributed by atoms with Crippen LogP contribution in [-0.2, 0) is 4.79 Å². The number of likely N-dealkylation sites (tertiary alicyclic amines) is 1. The van der Waals surface area contributed by atoms with Crippen molar-refractivity contribution in [3.05, 3.63) is 71.5 Å². The molecule has 0 saturated carbocycles. The number of rotatable bonds is 4. The maximum Gasteiger partial charge on any atom is 0.253 e. The molecule has 5 rings (SSSR count). The molecule has 0 bridgehead atoms. The van der Waals surface area contributed by atoms with Crippen LogP contribution in [0, 0.1) is 12.8 Å². The zero-order valence-corrected chi connectivity index (χ0v) is 18.5. The Bertz CT molecular complexity index is 1270. The van der Waals surface area contributed by atoms with Crippen molar-refractivity contribution in [1.82, 2.24) is 19.4 Å². The first kappa shape index (κ1) is 20.4. The minimum Gasteiger partial charge on any atom is -0.338 e. The van der Waals surface area contributed by atoms with Crippen molar-refractivity contribution in [2.75, 3.05) is 18.4 Å². The maximum absolute atomic E-state index is 13.2. The monoisotopic (exact) mass is 445 g/mol. The summed E-state index contributed by atoms with van der Waals surface area (Å²) in [7, 11) is 0. The maximum atomic E-state index is 13.2. The van der Waals surface area contributed by atoms with E-state index in [-0.39, 0.29) is 17.7 Å². The number of piperidine rings is 1. The smallest absolute Gasteiger partial charge is 0.253 e. The number of imidazole rings is 1. The summed E-state index contributed by atoms with van der Waals surface area (Å²) >= 11 is 1.39. The molecular formula is C24H23N5O2S. The quantitative estimate of drug-likeness (QED) is 0.508. The molecule has 1 saturated heterocycles. The molecule has 1 unspecified atom stereocenters. The van der Waals surface area contributed by atoms with E-state index in [1.165, 1.54) is 11.3 Å². The highest BCUT2D eigenvalue weighted by Gasteiger charge is 2.29. The third kappa shape index (κ3) is 3.89. The molecule has 1 aliphatic heterocycles. The van der Waals surface area contributed by atoms with Gasteiger partial charge in [0.1, 0.15) is 5.82 Å². The number of thiazole rings is 1. The molecule has 1 fully saturated rings. The Morgan fingerprint density at radius 1 is 1.16 bits per heavy atom. The third-order valence-electron chi connectivity index (χ3n) is 5.83. The molecular weight excluding hydrogens is 422 g/mol. The molecule has 162 valence electrons. The van der Waals surface area contributed by atoms with Crippen molar-refractivity contribution in [2.24, 2.45) is 5.92 Å². The fourth-order valence-electron chi connectivity index (χ4n) is 4.29. The van der Waals surface area contributed by atoms with Crippen LogP contribution in [0.1, 0.15) is 29.0 Å². The topological polar surface area (TPSA) is 80.1 Å². The fourth-order valence-corrected chi connectivity index (χ4v) is 4.82. The van der Waals surface area contributed by atoms with E-state index in [0.29, 0.717) is 23.8 Å². The van der Waals surface area contributed by atoms with E-state index in [1.54, 1.807) is 11.1 Å². The summed E-state index contributed by atoms with van der Waals surface area (Å²) < 4.78 is 2.09. The summed E-state index contributed by atoms with van der Waals surface area (Å²) in [5.74, 6) is 0.489. The van der Waals surface area contributed by atoms with E-state index in [0.717, 1.165) is 35.4 Å². The van der Waals surface area contributed by atoms with E-state index in [2.05, 4.69) is 19.9 Å². The lowest BCUT2D eigenvalue weighted by atomic mass is 9.96. The summed E-state index contributed by atoms with van der Waals surface area (Å²) in [6, 6.07) is 15.7. The predicted octanol–water partition coefficient (Wildman–Crippen LogP) is 4.28. The Morgan fingerprint density at radius 3 is 2.78 bits per heavy atom. The van der Waals surface area contributed by atoms with Gasteiger partial charge in [0.25, 0.3) is 5.91 Å². The molecule has 1 N–H and O–H groups in total. The first-order chi connectivity index (χ1) is 15.6. The number of aromatic nitrogens is 3. The molecule has 1 aliphatic rings. The second-order valence-corrected chi connectivity index (χ2v) is 8.84. The van der Waals surface area contributed by atoms with Crippen molar-refractivity contribution in [2.45, 2.75) is 19.8 Å². The Morgan fingerprint density at radius 2 is 2.00 bits per heavy atom. The number of nitrogens with one attached hydrogen (secondary N) is 1. The van der Waals surface area contributed by atoms with E-state index in [9.17, 15) is 9.59 Å². The molecule has 2 aromatic carbocycles. The minimum absolute atomic E-state index is 0.0643. The molecule has 1 atom stereocenters. The molecule has 2 aromatic heterocycles. The second kappa shape index (κ2) is 8.55. The number of hydrogen-bond donors (Lipinski definition) is 1. The van der Waals surface area contributed by atoms with Gasteiger partial charge >= 0.3 is 0 Å². The zero-order chi connectivity index (χ0) is 22.1. The standard InChI is InChI=1S/C24H23N5O2S/c1-16-26-20-14-17(9-10-21(20)29(16)19-7-3-2-4-8-19)23(31)28-12-5-6-18(15-28)22(30)27-24-25-11-13-32-24/h2-4,7-11,13-14,18H,5-6,12,15H2,1H3,(H,25,27,30). The molecule has 0 spiro atoms. The van der Waals surface area contributed by atoms with Gasteiger partial charge < -0.3 is 10.2 Å². The Balaban J connectivity index is 1.36. The summed E-state index contributed by atoms with van der Waals surface area (Å²) in [4.78, 5) is 36.4. The highest BCUT2D eigenvalue weighted by atomic mass is 32.1. The number of carbonyl (C=O) groups is 2. The molecule has 0 radical (unpaired) electrons. The molecule has 3 heterocycles. The number of amides is 2. The normalized spacial score (nSPS) is 16.3. The summed E-state index contributed by atoms with van der Waals surface area (Å²) in [6.45, 7) is 3.02.